The second-order valence-corrected chi connectivity index (χ2v) is 22.4. The van der Waals surface area contributed by atoms with E-state index in [1.54, 1.807) is 14.7 Å². The first kappa shape index (κ1) is 58.3. The third-order valence-corrected chi connectivity index (χ3v) is 16.7. The highest BCUT2D eigenvalue weighted by atomic mass is 32.2. The molecule has 0 aliphatic carbocycles. The number of benzene rings is 1. The van der Waals surface area contributed by atoms with Crippen molar-refractivity contribution in [2.75, 3.05) is 17.3 Å². The SMILES string of the molecule is CCCCCCCCCCCCCCCCCSc1cccc(SCCCCCCCCCCCCCCCCC)c1SCCCCCCCCCCCCCCCCC. The Bertz CT molecular complexity index is 891. The smallest absolute Gasteiger partial charge is 0.0344 e. The summed E-state index contributed by atoms with van der Waals surface area (Å²) in [4.78, 5) is 4.78. The molecule has 0 aromatic heterocycles. The van der Waals surface area contributed by atoms with Crippen molar-refractivity contribution in [1.29, 1.82) is 0 Å². The zero-order valence-electron chi connectivity index (χ0n) is 41.4. The van der Waals surface area contributed by atoms with Crippen molar-refractivity contribution in [3.8, 4) is 0 Å². The molecule has 0 nitrogen and oxygen atoms in total. The maximum absolute atomic E-state index is 2.45. The molecule has 0 fully saturated rings. The summed E-state index contributed by atoms with van der Waals surface area (Å²) in [5.41, 5.74) is 0. The van der Waals surface area contributed by atoms with Crippen LogP contribution >= 0.6 is 35.3 Å². The fourth-order valence-corrected chi connectivity index (χ4v) is 12.5. The molecular weight excluding hydrogens is 781 g/mol. The van der Waals surface area contributed by atoms with E-state index in [9.17, 15) is 0 Å². The molecule has 0 saturated carbocycles. The highest BCUT2D eigenvalue weighted by Gasteiger charge is 2.11. The van der Waals surface area contributed by atoms with Gasteiger partial charge in [-0.15, -0.1) is 35.3 Å². The molecule has 1 rings (SSSR count). The van der Waals surface area contributed by atoms with E-state index in [0.29, 0.717) is 0 Å². The van der Waals surface area contributed by atoms with Gasteiger partial charge in [-0.05, 0) is 48.7 Å². The van der Waals surface area contributed by atoms with Crippen molar-refractivity contribution >= 4 is 35.3 Å². The van der Waals surface area contributed by atoms with Crippen molar-refractivity contribution in [3.05, 3.63) is 18.2 Å². The lowest BCUT2D eigenvalue weighted by molar-refractivity contribution is 0.535. The Morgan fingerprint density at radius 1 is 0.233 bits per heavy atom. The van der Waals surface area contributed by atoms with Gasteiger partial charge in [0.05, 0.1) is 0 Å². The molecule has 0 aliphatic heterocycles. The lowest BCUT2D eigenvalue weighted by Crippen LogP contribution is -1.91. The van der Waals surface area contributed by atoms with Gasteiger partial charge in [0.1, 0.15) is 0 Å². The average Bonchev–Trinajstić information content (AvgIpc) is 3.26. The van der Waals surface area contributed by atoms with Crippen LogP contribution in [-0.4, -0.2) is 17.3 Å². The molecule has 0 saturated heterocycles. The maximum atomic E-state index is 2.45. The molecule has 0 N–H and O–H groups in total. The second-order valence-electron chi connectivity index (χ2n) is 19.0. The van der Waals surface area contributed by atoms with Crippen LogP contribution < -0.4 is 0 Å². The van der Waals surface area contributed by atoms with Crippen LogP contribution in [0.5, 0.6) is 0 Å². The van der Waals surface area contributed by atoms with E-state index < -0.39 is 0 Å². The molecule has 1 aromatic rings. The Morgan fingerprint density at radius 3 is 0.633 bits per heavy atom. The van der Waals surface area contributed by atoms with Gasteiger partial charge in [0.15, 0.2) is 0 Å². The average molecular weight is 890 g/mol. The van der Waals surface area contributed by atoms with E-state index in [0.717, 1.165) is 0 Å². The summed E-state index contributed by atoms with van der Waals surface area (Å²) in [6, 6.07) is 7.26. The van der Waals surface area contributed by atoms with E-state index in [1.165, 1.54) is 306 Å². The monoisotopic (exact) mass is 889 g/mol. The zero-order valence-corrected chi connectivity index (χ0v) is 43.8. The Labute approximate surface area is 392 Å². The van der Waals surface area contributed by atoms with Gasteiger partial charge >= 0.3 is 0 Å². The van der Waals surface area contributed by atoms with Crippen molar-refractivity contribution in [3.63, 3.8) is 0 Å². The standard InChI is InChI=1S/C57H108S3/c1-4-7-10-13-16-19-22-25-28-31-34-37-40-43-46-52-58-55-50-49-51-56(59-53-47-44-41-38-35-32-29-26-23-20-17-14-11-8-5-2)57(55)60-54-48-45-42-39-36-33-30-27-24-21-18-15-12-9-6-3/h49-51H,4-48,52-54H2,1-3H3. The first-order chi connectivity index (χ1) is 29.8. The van der Waals surface area contributed by atoms with Crippen molar-refractivity contribution in [2.45, 2.75) is 324 Å². The van der Waals surface area contributed by atoms with Crippen LogP contribution in [-0.2, 0) is 0 Å². The van der Waals surface area contributed by atoms with E-state index in [4.69, 9.17) is 0 Å². The number of rotatable bonds is 51. The van der Waals surface area contributed by atoms with Crippen LogP contribution in [0.15, 0.2) is 32.9 Å². The lowest BCUT2D eigenvalue weighted by atomic mass is 10.0. The first-order valence-corrected chi connectivity index (χ1v) is 30.8. The van der Waals surface area contributed by atoms with Gasteiger partial charge in [0, 0.05) is 14.7 Å². The minimum absolute atomic E-state index is 1.29. The molecule has 0 unspecified atom stereocenters. The molecule has 354 valence electrons. The van der Waals surface area contributed by atoms with Crippen molar-refractivity contribution in [1.82, 2.24) is 0 Å². The van der Waals surface area contributed by atoms with E-state index in [1.807, 2.05) is 0 Å². The summed E-state index contributed by atoms with van der Waals surface area (Å²) in [5.74, 6) is 3.87. The molecule has 0 heterocycles. The maximum Gasteiger partial charge on any atom is 0.0344 e. The fraction of sp³-hybridized carbons (Fsp3) is 0.895. The molecule has 0 radical (unpaired) electrons. The summed E-state index contributed by atoms with van der Waals surface area (Å²) in [5, 5.41) is 0. The summed E-state index contributed by atoms with van der Waals surface area (Å²) in [6.07, 6.45) is 65.1. The Balaban J connectivity index is 2.30. The first-order valence-electron chi connectivity index (χ1n) is 27.8. The number of unbranched alkanes of at least 4 members (excludes halogenated alkanes) is 42. The lowest BCUT2D eigenvalue weighted by Gasteiger charge is -2.14. The molecule has 0 bridgehead atoms. The molecule has 0 amide bonds. The van der Waals surface area contributed by atoms with Crippen LogP contribution in [0, 0.1) is 0 Å². The third-order valence-electron chi connectivity index (χ3n) is 12.9. The van der Waals surface area contributed by atoms with Crippen LogP contribution in [0.1, 0.15) is 310 Å². The Hall–Kier alpha value is 0.270. The van der Waals surface area contributed by atoms with E-state index >= 15 is 0 Å². The number of hydrogen-bond acceptors (Lipinski definition) is 3. The molecular formula is C57H108S3. The summed E-state index contributed by atoms with van der Waals surface area (Å²) in [7, 11) is 0. The molecule has 3 heteroatoms. The normalized spacial score (nSPS) is 11.7. The molecule has 0 spiro atoms. The molecule has 0 atom stereocenters. The largest absolute Gasteiger partial charge is 0.125 e. The van der Waals surface area contributed by atoms with E-state index in [2.05, 4.69) is 74.3 Å². The van der Waals surface area contributed by atoms with Crippen LogP contribution in [0.3, 0.4) is 0 Å². The van der Waals surface area contributed by atoms with Gasteiger partial charge in [-0.2, -0.15) is 0 Å². The highest BCUT2D eigenvalue weighted by molar-refractivity contribution is 8.03. The predicted octanol–water partition coefficient (Wildman–Crippen LogP) is 22.6. The van der Waals surface area contributed by atoms with Crippen molar-refractivity contribution in [2.24, 2.45) is 0 Å². The molecule has 1 aromatic carbocycles. The highest BCUT2D eigenvalue weighted by Crippen LogP contribution is 2.40. The summed E-state index contributed by atoms with van der Waals surface area (Å²) < 4.78 is 0. The van der Waals surface area contributed by atoms with Crippen LogP contribution in [0.25, 0.3) is 0 Å². The Morgan fingerprint density at radius 2 is 0.417 bits per heavy atom. The third kappa shape index (κ3) is 41.0. The molecule has 0 aliphatic rings. The summed E-state index contributed by atoms with van der Waals surface area (Å²) in [6.45, 7) is 6.95. The topological polar surface area (TPSA) is 0 Å². The zero-order chi connectivity index (χ0) is 42.9. The van der Waals surface area contributed by atoms with Crippen LogP contribution in [0.4, 0.5) is 0 Å². The van der Waals surface area contributed by atoms with Gasteiger partial charge in [-0.3, -0.25) is 0 Å². The quantitative estimate of drug-likeness (QED) is 0.0473. The van der Waals surface area contributed by atoms with Crippen molar-refractivity contribution < 1.29 is 0 Å². The minimum Gasteiger partial charge on any atom is -0.125 e. The van der Waals surface area contributed by atoms with Crippen LogP contribution in [0.2, 0.25) is 0 Å². The fourth-order valence-electron chi connectivity index (χ4n) is 8.82. The van der Waals surface area contributed by atoms with Gasteiger partial charge in [0.2, 0.25) is 0 Å². The summed E-state index contributed by atoms with van der Waals surface area (Å²) >= 11 is 6.53. The number of hydrogen-bond donors (Lipinski definition) is 0. The predicted molar refractivity (Wildman–Crippen MR) is 283 cm³/mol. The van der Waals surface area contributed by atoms with Gasteiger partial charge in [-0.25, -0.2) is 0 Å². The van der Waals surface area contributed by atoms with Gasteiger partial charge in [0.25, 0.3) is 0 Å². The minimum atomic E-state index is 1.29. The number of thioether (sulfide) groups is 3. The second kappa shape index (κ2) is 50.3. The van der Waals surface area contributed by atoms with Gasteiger partial charge in [-0.1, -0.05) is 297 Å². The Kier molecular flexibility index (Phi) is 48.8. The van der Waals surface area contributed by atoms with Gasteiger partial charge < -0.3 is 0 Å². The molecule has 60 heavy (non-hydrogen) atoms. The van der Waals surface area contributed by atoms with E-state index in [-0.39, 0.29) is 0 Å².